The van der Waals surface area contributed by atoms with E-state index in [4.69, 9.17) is 0 Å². The molecule has 0 saturated carbocycles. The zero-order valence-electron chi connectivity index (χ0n) is 9.08. The highest BCUT2D eigenvalue weighted by molar-refractivity contribution is 5.97. The summed E-state index contributed by atoms with van der Waals surface area (Å²) in [5.74, 6) is 5.44. The maximum absolute atomic E-state index is 11.5. The molecule has 0 aliphatic heterocycles. The van der Waals surface area contributed by atoms with Gasteiger partial charge in [-0.2, -0.15) is 0 Å². The lowest BCUT2D eigenvalue weighted by atomic mass is 10.1. The van der Waals surface area contributed by atoms with Gasteiger partial charge >= 0.3 is 0 Å². The Bertz CT molecular complexity index is 373. The molecule has 0 heterocycles. The molecule has 0 fully saturated rings. The first kappa shape index (κ1) is 11.5. The quantitative estimate of drug-likeness (QED) is 0.750. The maximum Gasteiger partial charge on any atom is 0.209 e. The molecule has 1 aromatic carbocycles. The number of Topliss-reactive ketones (excluding diaryl/α,β-unsaturated/α-hetero) is 1. The SMILES string of the molecule is CNCC(C)C(=O)C#Cc1ccccc1. The van der Waals surface area contributed by atoms with E-state index in [0.29, 0.717) is 6.54 Å². The Kier molecular flexibility index (Phi) is 4.59. The topological polar surface area (TPSA) is 29.1 Å². The number of nitrogens with one attached hydrogen (secondary N) is 1. The lowest BCUT2D eigenvalue weighted by molar-refractivity contribution is -0.116. The van der Waals surface area contributed by atoms with Crippen LogP contribution < -0.4 is 5.32 Å². The third kappa shape index (κ3) is 3.97. The number of hydrogen-bond donors (Lipinski definition) is 1. The van der Waals surface area contributed by atoms with Crippen molar-refractivity contribution >= 4 is 5.78 Å². The van der Waals surface area contributed by atoms with Crippen LogP contribution >= 0.6 is 0 Å². The van der Waals surface area contributed by atoms with Crippen molar-refractivity contribution in [3.63, 3.8) is 0 Å². The monoisotopic (exact) mass is 201 g/mol. The van der Waals surface area contributed by atoms with E-state index in [1.54, 1.807) is 0 Å². The minimum absolute atomic E-state index is 0.0202. The molecule has 1 atom stereocenters. The average Bonchev–Trinajstić information content (AvgIpc) is 2.27. The predicted molar refractivity (Wildman–Crippen MR) is 61.4 cm³/mol. The largest absolute Gasteiger partial charge is 0.319 e. The molecule has 0 radical (unpaired) electrons. The molecule has 0 amide bonds. The van der Waals surface area contributed by atoms with Crippen molar-refractivity contribution in [3.8, 4) is 11.8 Å². The zero-order chi connectivity index (χ0) is 11.1. The van der Waals surface area contributed by atoms with Gasteiger partial charge in [-0.05, 0) is 25.1 Å². The Balaban J connectivity index is 2.62. The minimum Gasteiger partial charge on any atom is -0.319 e. The summed E-state index contributed by atoms with van der Waals surface area (Å²) in [4.78, 5) is 11.5. The normalized spacial score (nSPS) is 11.3. The van der Waals surface area contributed by atoms with Crippen molar-refractivity contribution in [2.75, 3.05) is 13.6 Å². The molecule has 15 heavy (non-hydrogen) atoms. The summed E-state index contributed by atoms with van der Waals surface area (Å²) in [6.45, 7) is 2.54. The van der Waals surface area contributed by atoms with E-state index in [9.17, 15) is 4.79 Å². The van der Waals surface area contributed by atoms with Crippen LogP contribution in [-0.2, 0) is 4.79 Å². The summed E-state index contributed by atoms with van der Waals surface area (Å²) in [7, 11) is 1.83. The van der Waals surface area contributed by atoms with Gasteiger partial charge in [0.2, 0.25) is 5.78 Å². The van der Waals surface area contributed by atoms with Crippen LogP contribution in [-0.4, -0.2) is 19.4 Å². The van der Waals surface area contributed by atoms with Crippen LogP contribution in [0.5, 0.6) is 0 Å². The maximum atomic E-state index is 11.5. The fourth-order valence-corrected chi connectivity index (χ4v) is 1.18. The molecule has 1 aromatic rings. The third-order valence-corrected chi connectivity index (χ3v) is 2.06. The van der Waals surface area contributed by atoms with Crippen LogP contribution in [0.15, 0.2) is 30.3 Å². The van der Waals surface area contributed by atoms with E-state index in [1.165, 1.54) is 0 Å². The smallest absolute Gasteiger partial charge is 0.209 e. The molecule has 0 spiro atoms. The number of carbonyl (C=O) groups excluding carboxylic acids is 1. The highest BCUT2D eigenvalue weighted by Gasteiger charge is 2.07. The summed E-state index contributed by atoms with van der Waals surface area (Å²) in [6.07, 6.45) is 0. The first-order chi connectivity index (χ1) is 7.24. The molecule has 2 nitrogen and oxygen atoms in total. The van der Waals surface area contributed by atoms with E-state index < -0.39 is 0 Å². The molecule has 0 aromatic heterocycles. The molecular formula is C13H15NO. The van der Waals surface area contributed by atoms with Gasteiger partial charge in [0.1, 0.15) is 0 Å². The molecule has 78 valence electrons. The summed E-state index contributed by atoms with van der Waals surface area (Å²) in [5, 5.41) is 2.96. The molecule has 0 saturated heterocycles. The van der Waals surface area contributed by atoms with E-state index in [1.807, 2.05) is 44.3 Å². The Labute approximate surface area is 90.7 Å². The molecule has 1 N–H and O–H groups in total. The van der Waals surface area contributed by atoms with Crippen molar-refractivity contribution in [3.05, 3.63) is 35.9 Å². The number of rotatable bonds is 3. The fraction of sp³-hybridized carbons (Fsp3) is 0.308. The fourth-order valence-electron chi connectivity index (χ4n) is 1.18. The second-order valence-electron chi connectivity index (χ2n) is 3.44. The van der Waals surface area contributed by atoms with Gasteiger partial charge in [0.25, 0.3) is 0 Å². The summed E-state index contributed by atoms with van der Waals surface area (Å²) in [6, 6.07) is 9.53. The van der Waals surface area contributed by atoms with Gasteiger partial charge in [-0.15, -0.1) is 0 Å². The van der Waals surface area contributed by atoms with Gasteiger partial charge in [0.15, 0.2) is 0 Å². The van der Waals surface area contributed by atoms with Gasteiger partial charge in [-0.1, -0.05) is 31.0 Å². The standard InChI is InChI=1S/C13H15NO/c1-11(10-14-2)13(15)9-8-12-6-4-3-5-7-12/h3-7,11,14H,10H2,1-2H3. The number of ketones is 1. The molecule has 0 aliphatic carbocycles. The van der Waals surface area contributed by atoms with Gasteiger partial charge < -0.3 is 5.32 Å². The molecular weight excluding hydrogens is 186 g/mol. The Morgan fingerprint density at radius 1 is 1.40 bits per heavy atom. The first-order valence-corrected chi connectivity index (χ1v) is 4.99. The molecule has 1 rings (SSSR count). The summed E-state index contributed by atoms with van der Waals surface area (Å²) < 4.78 is 0. The molecule has 0 bridgehead atoms. The van der Waals surface area contributed by atoms with Crippen molar-refractivity contribution in [1.82, 2.24) is 5.32 Å². The van der Waals surface area contributed by atoms with Gasteiger partial charge in [0, 0.05) is 18.0 Å². The Morgan fingerprint density at radius 2 is 2.07 bits per heavy atom. The number of hydrogen-bond acceptors (Lipinski definition) is 2. The third-order valence-electron chi connectivity index (χ3n) is 2.06. The second kappa shape index (κ2) is 6.00. The van der Waals surface area contributed by atoms with Gasteiger partial charge in [0.05, 0.1) is 0 Å². The molecule has 2 heteroatoms. The van der Waals surface area contributed by atoms with Crippen molar-refractivity contribution < 1.29 is 4.79 Å². The van der Waals surface area contributed by atoms with Gasteiger partial charge in [-0.25, -0.2) is 0 Å². The van der Waals surface area contributed by atoms with Crippen molar-refractivity contribution in [2.45, 2.75) is 6.92 Å². The minimum atomic E-state index is -0.0498. The van der Waals surface area contributed by atoms with Crippen LogP contribution in [0.4, 0.5) is 0 Å². The van der Waals surface area contributed by atoms with Gasteiger partial charge in [-0.3, -0.25) is 4.79 Å². The lowest BCUT2D eigenvalue weighted by Crippen LogP contribution is -2.22. The predicted octanol–water partition coefficient (Wildman–Crippen LogP) is 1.46. The van der Waals surface area contributed by atoms with Crippen molar-refractivity contribution in [1.29, 1.82) is 0 Å². The highest BCUT2D eigenvalue weighted by atomic mass is 16.1. The highest BCUT2D eigenvalue weighted by Crippen LogP contribution is 1.97. The number of carbonyl (C=O) groups is 1. The van der Waals surface area contributed by atoms with E-state index in [2.05, 4.69) is 17.2 Å². The average molecular weight is 201 g/mol. The molecule has 1 unspecified atom stereocenters. The summed E-state index contributed by atoms with van der Waals surface area (Å²) >= 11 is 0. The molecule has 0 aliphatic rings. The van der Waals surface area contributed by atoms with Crippen LogP contribution in [0.3, 0.4) is 0 Å². The number of benzene rings is 1. The van der Waals surface area contributed by atoms with Crippen LogP contribution in [0.25, 0.3) is 0 Å². The van der Waals surface area contributed by atoms with Crippen LogP contribution in [0, 0.1) is 17.8 Å². The Hall–Kier alpha value is -1.59. The Morgan fingerprint density at radius 3 is 2.67 bits per heavy atom. The van der Waals surface area contributed by atoms with E-state index in [0.717, 1.165) is 5.56 Å². The first-order valence-electron chi connectivity index (χ1n) is 4.99. The van der Waals surface area contributed by atoms with E-state index >= 15 is 0 Å². The zero-order valence-corrected chi connectivity index (χ0v) is 9.08. The summed E-state index contributed by atoms with van der Waals surface area (Å²) in [5.41, 5.74) is 0.877. The van der Waals surface area contributed by atoms with E-state index in [-0.39, 0.29) is 11.7 Å². The van der Waals surface area contributed by atoms with Crippen LogP contribution in [0.1, 0.15) is 12.5 Å². The van der Waals surface area contributed by atoms with Crippen LogP contribution in [0.2, 0.25) is 0 Å². The van der Waals surface area contributed by atoms with Crippen molar-refractivity contribution in [2.24, 2.45) is 5.92 Å². The second-order valence-corrected chi connectivity index (χ2v) is 3.44. The lowest BCUT2D eigenvalue weighted by Gasteiger charge is -2.03.